The van der Waals surface area contributed by atoms with Crippen LogP contribution in [0.3, 0.4) is 0 Å². The van der Waals surface area contributed by atoms with Gasteiger partial charge in [0.05, 0.1) is 6.10 Å². The third-order valence-electron chi connectivity index (χ3n) is 4.33. The lowest BCUT2D eigenvalue weighted by Crippen LogP contribution is -2.35. The summed E-state index contributed by atoms with van der Waals surface area (Å²) < 4.78 is 5.75. The van der Waals surface area contributed by atoms with Crippen LogP contribution in [0.1, 0.15) is 43.4 Å². The molecular weight excluding hydrogens is 238 g/mol. The molecule has 1 heterocycles. The molecule has 0 radical (unpaired) electrons. The Bertz CT molecular complexity index is 446. The van der Waals surface area contributed by atoms with Gasteiger partial charge in [0.15, 0.2) is 0 Å². The van der Waals surface area contributed by atoms with Crippen molar-refractivity contribution >= 4 is 0 Å². The molecule has 2 aliphatic rings. The highest BCUT2D eigenvalue weighted by Crippen LogP contribution is 2.36. The third kappa shape index (κ3) is 2.77. The van der Waals surface area contributed by atoms with Crippen LogP contribution in [0.5, 0.6) is 5.75 Å². The fourth-order valence-corrected chi connectivity index (χ4v) is 3.46. The monoisotopic (exact) mass is 261 g/mol. The molecule has 0 aromatic heterocycles. The van der Waals surface area contributed by atoms with E-state index in [0.29, 0.717) is 17.9 Å². The maximum absolute atomic E-state index is 9.64. The lowest BCUT2D eigenvalue weighted by Gasteiger charge is -2.35. The molecule has 104 valence electrons. The van der Waals surface area contributed by atoms with Crippen molar-refractivity contribution in [3.05, 3.63) is 29.3 Å². The summed E-state index contributed by atoms with van der Waals surface area (Å²) in [6.45, 7) is 5.19. The molecule has 1 aromatic rings. The van der Waals surface area contributed by atoms with Crippen molar-refractivity contribution in [3.8, 4) is 5.75 Å². The lowest BCUT2D eigenvalue weighted by atomic mass is 9.86. The van der Waals surface area contributed by atoms with E-state index in [1.807, 2.05) is 12.1 Å². The predicted molar refractivity (Wildman–Crippen MR) is 75.4 cm³/mol. The molecule has 1 N–H and O–H groups in total. The topological polar surface area (TPSA) is 32.7 Å². The SMILES string of the molecule is CC1CN(C2CCCc3cc(O)ccc32)CCCO1. The second kappa shape index (κ2) is 5.51. The van der Waals surface area contributed by atoms with Crippen LogP contribution in [0.4, 0.5) is 0 Å². The summed E-state index contributed by atoms with van der Waals surface area (Å²) in [5.74, 6) is 0.395. The number of nitrogens with zero attached hydrogens (tertiary/aromatic N) is 1. The number of benzene rings is 1. The van der Waals surface area contributed by atoms with E-state index in [-0.39, 0.29) is 0 Å². The van der Waals surface area contributed by atoms with Gasteiger partial charge in [0.25, 0.3) is 0 Å². The van der Waals surface area contributed by atoms with E-state index in [4.69, 9.17) is 4.74 Å². The van der Waals surface area contributed by atoms with Crippen LogP contribution in [0.25, 0.3) is 0 Å². The van der Waals surface area contributed by atoms with Crippen LogP contribution >= 0.6 is 0 Å². The number of rotatable bonds is 1. The summed E-state index contributed by atoms with van der Waals surface area (Å²) in [7, 11) is 0. The zero-order valence-electron chi connectivity index (χ0n) is 11.6. The van der Waals surface area contributed by atoms with Crippen molar-refractivity contribution in [1.82, 2.24) is 4.90 Å². The highest BCUT2D eigenvalue weighted by atomic mass is 16.5. The zero-order valence-corrected chi connectivity index (χ0v) is 11.6. The van der Waals surface area contributed by atoms with Crippen LogP contribution < -0.4 is 0 Å². The molecular formula is C16H23NO2. The molecule has 3 nitrogen and oxygen atoms in total. The molecule has 0 spiro atoms. The molecule has 1 aliphatic carbocycles. The number of fused-ring (bicyclic) bond motifs is 1. The second-order valence-corrected chi connectivity index (χ2v) is 5.82. The van der Waals surface area contributed by atoms with Crippen molar-refractivity contribution in [1.29, 1.82) is 0 Å². The van der Waals surface area contributed by atoms with Crippen LogP contribution in [0.15, 0.2) is 18.2 Å². The Kier molecular flexibility index (Phi) is 3.76. The fourth-order valence-electron chi connectivity index (χ4n) is 3.46. The zero-order chi connectivity index (χ0) is 13.2. The predicted octanol–water partition coefficient (Wildman–Crippen LogP) is 2.88. The van der Waals surface area contributed by atoms with Crippen LogP contribution in [-0.2, 0) is 11.2 Å². The van der Waals surface area contributed by atoms with Crippen molar-refractivity contribution in [2.45, 2.75) is 44.8 Å². The molecule has 0 amide bonds. The smallest absolute Gasteiger partial charge is 0.115 e. The molecule has 0 saturated carbocycles. The number of hydrogen-bond acceptors (Lipinski definition) is 3. The highest BCUT2D eigenvalue weighted by Gasteiger charge is 2.28. The highest BCUT2D eigenvalue weighted by molar-refractivity contribution is 5.38. The molecule has 2 unspecified atom stereocenters. The summed E-state index contributed by atoms with van der Waals surface area (Å²) in [6.07, 6.45) is 4.98. The van der Waals surface area contributed by atoms with Gasteiger partial charge in [-0.2, -0.15) is 0 Å². The molecule has 1 aliphatic heterocycles. The molecule has 0 bridgehead atoms. The third-order valence-corrected chi connectivity index (χ3v) is 4.33. The van der Waals surface area contributed by atoms with Crippen LogP contribution in [0.2, 0.25) is 0 Å². The van der Waals surface area contributed by atoms with Gasteiger partial charge in [-0.25, -0.2) is 0 Å². The van der Waals surface area contributed by atoms with Crippen molar-refractivity contribution in [2.75, 3.05) is 19.7 Å². The van der Waals surface area contributed by atoms with Gasteiger partial charge < -0.3 is 9.84 Å². The van der Waals surface area contributed by atoms with E-state index in [2.05, 4.69) is 17.9 Å². The molecule has 1 saturated heterocycles. The molecule has 3 heteroatoms. The van der Waals surface area contributed by atoms with E-state index in [1.165, 1.54) is 24.0 Å². The molecule has 2 atom stereocenters. The van der Waals surface area contributed by atoms with E-state index in [1.54, 1.807) is 0 Å². The van der Waals surface area contributed by atoms with E-state index >= 15 is 0 Å². The standard InChI is InChI=1S/C16H23NO2/c1-12-11-17(8-3-9-19-12)16-5-2-4-13-10-14(18)6-7-15(13)16/h6-7,10,12,16,18H,2-5,8-9,11H2,1H3. The lowest BCUT2D eigenvalue weighted by molar-refractivity contribution is 0.0586. The first-order valence-corrected chi connectivity index (χ1v) is 7.41. The van der Waals surface area contributed by atoms with Gasteiger partial charge in [0.2, 0.25) is 0 Å². The van der Waals surface area contributed by atoms with Crippen LogP contribution in [0, 0.1) is 0 Å². The number of ether oxygens (including phenoxy) is 1. The number of phenolic OH excluding ortho intramolecular Hbond substituents is 1. The van der Waals surface area contributed by atoms with Crippen molar-refractivity contribution in [2.24, 2.45) is 0 Å². The Morgan fingerprint density at radius 1 is 1.32 bits per heavy atom. The Labute approximate surface area is 115 Å². The number of aromatic hydroxyl groups is 1. The van der Waals surface area contributed by atoms with Gasteiger partial charge >= 0.3 is 0 Å². The summed E-state index contributed by atoms with van der Waals surface area (Å²) in [6, 6.07) is 6.40. The van der Waals surface area contributed by atoms with Gasteiger partial charge in [-0.3, -0.25) is 4.90 Å². The van der Waals surface area contributed by atoms with Gasteiger partial charge in [0, 0.05) is 25.7 Å². The maximum Gasteiger partial charge on any atom is 0.115 e. The maximum atomic E-state index is 9.64. The van der Waals surface area contributed by atoms with Crippen molar-refractivity contribution < 1.29 is 9.84 Å². The average Bonchev–Trinajstić information content (AvgIpc) is 2.62. The largest absolute Gasteiger partial charge is 0.508 e. The minimum Gasteiger partial charge on any atom is -0.508 e. The van der Waals surface area contributed by atoms with Gasteiger partial charge in [-0.15, -0.1) is 0 Å². The normalized spacial score (nSPS) is 28.7. The van der Waals surface area contributed by atoms with Crippen molar-refractivity contribution in [3.63, 3.8) is 0 Å². The minimum atomic E-state index is 0.324. The quantitative estimate of drug-likeness (QED) is 0.843. The number of aryl methyl sites for hydroxylation is 1. The van der Waals surface area contributed by atoms with E-state index in [0.717, 1.165) is 32.5 Å². The molecule has 19 heavy (non-hydrogen) atoms. The summed E-state index contributed by atoms with van der Waals surface area (Å²) in [4.78, 5) is 2.58. The first-order valence-electron chi connectivity index (χ1n) is 7.41. The summed E-state index contributed by atoms with van der Waals surface area (Å²) in [5.41, 5.74) is 2.74. The molecule has 1 fully saturated rings. The molecule has 3 rings (SSSR count). The minimum absolute atomic E-state index is 0.324. The van der Waals surface area contributed by atoms with Gasteiger partial charge in [-0.1, -0.05) is 6.07 Å². The summed E-state index contributed by atoms with van der Waals surface area (Å²) >= 11 is 0. The Hall–Kier alpha value is -1.06. The van der Waals surface area contributed by atoms with Gasteiger partial charge in [-0.05, 0) is 55.9 Å². The number of phenols is 1. The first kappa shape index (κ1) is 12.9. The molecule has 1 aromatic carbocycles. The number of hydrogen-bond donors (Lipinski definition) is 1. The van der Waals surface area contributed by atoms with Crippen LogP contribution in [-0.4, -0.2) is 35.8 Å². The van der Waals surface area contributed by atoms with E-state index in [9.17, 15) is 5.11 Å². The Morgan fingerprint density at radius 2 is 2.21 bits per heavy atom. The fraction of sp³-hybridized carbons (Fsp3) is 0.625. The van der Waals surface area contributed by atoms with E-state index < -0.39 is 0 Å². The first-order chi connectivity index (χ1) is 9.24. The average molecular weight is 261 g/mol. The Morgan fingerprint density at radius 3 is 3.11 bits per heavy atom. The Balaban J connectivity index is 1.86. The van der Waals surface area contributed by atoms with Gasteiger partial charge in [0.1, 0.15) is 5.75 Å². The second-order valence-electron chi connectivity index (χ2n) is 5.82. The summed E-state index contributed by atoms with van der Waals surface area (Å²) in [5, 5.41) is 9.64.